The Morgan fingerprint density at radius 3 is 2.73 bits per heavy atom. The lowest BCUT2D eigenvalue weighted by atomic mass is 10.2. The van der Waals surface area contributed by atoms with Crippen molar-refractivity contribution in [3.63, 3.8) is 0 Å². The molecule has 0 bridgehead atoms. The molecule has 0 saturated carbocycles. The van der Waals surface area contributed by atoms with E-state index in [0.717, 1.165) is 17.8 Å². The number of pyridine rings is 1. The van der Waals surface area contributed by atoms with Crippen LogP contribution in [0.3, 0.4) is 0 Å². The molecule has 2 rings (SSSR count). The molecule has 2 atom stereocenters. The first-order valence-electron chi connectivity index (χ1n) is 6.96. The van der Waals surface area contributed by atoms with E-state index in [-0.39, 0.29) is 18.4 Å². The van der Waals surface area contributed by atoms with Crippen LogP contribution < -0.4 is 10.1 Å². The smallest absolute Gasteiger partial charge is 0.162 e. The Balaban J connectivity index is 1.76. The van der Waals surface area contributed by atoms with Crippen LogP contribution in [0.1, 0.15) is 18.7 Å². The maximum absolute atomic E-state index is 13.0. The van der Waals surface area contributed by atoms with Gasteiger partial charge in [-0.2, -0.15) is 0 Å². The Bertz CT molecular complexity index is 596. The van der Waals surface area contributed by atoms with E-state index in [4.69, 9.17) is 4.74 Å². The minimum absolute atomic E-state index is 0.0147. The fourth-order valence-electron chi connectivity index (χ4n) is 1.87. The largest absolute Gasteiger partial charge is 0.491 e. The molecule has 0 aliphatic carbocycles. The van der Waals surface area contributed by atoms with Crippen LogP contribution in [0.5, 0.6) is 5.75 Å². The molecule has 118 valence electrons. The predicted molar refractivity (Wildman–Crippen MR) is 78.5 cm³/mol. The first kappa shape index (κ1) is 16.3. The molecule has 2 unspecified atom stereocenters. The summed E-state index contributed by atoms with van der Waals surface area (Å²) in [5, 5.41) is 13.0. The van der Waals surface area contributed by atoms with Gasteiger partial charge in [-0.05, 0) is 31.2 Å². The van der Waals surface area contributed by atoms with Crippen molar-refractivity contribution in [2.45, 2.75) is 19.1 Å². The maximum atomic E-state index is 13.0. The third kappa shape index (κ3) is 4.75. The average Bonchev–Trinajstić information content (AvgIpc) is 2.54. The van der Waals surface area contributed by atoms with E-state index < -0.39 is 17.7 Å². The quantitative estimate of drug-likeness (QED) is 0.825. The summed E-state index contributed by atoms with van der Waals surface area (Å²) < 4.78 is 31.0. The molecule has 1 heterocycles. The molecule has 0 saturated heterocycles. The second-order valence-corrected chi connectivity index (χ2v) is 4.93. The van der Waals surface area contributed by atoms with Crippen molar-refractivity contribution < 1.29 is 18.6 Å². The summed E-state index contributed by atoms with van der Waals surface area (Å²) in [7, 11) is 0. The molecule has 6 heteroatoms. The number of benzene rings is 1. The van der Waals surface area contributed by atoms with E-state index in [1.165, 1.54) is 6.07 Å². The number of aliphatic hydroxyl groups is 1. The molecule has 2 N–H and O–H groups in total. The van der Waals surface area contributed by atoms with Gasteiger partial charge in [0.1, 0.15) is 18.5 Å². The lowest BCUT2D eigenvalue weighted by molar-refractivity contribution is 0.104. The molecule has 22 heavy (non-hydrogen) atoms. The summed E-state index contributed by atoms with van der Waals surface area (Å²) in [5.74, 6) is -1.73. The van der Waals surface area contributed by atoms with Crippen LogP contribution in [0.15, 0.2) is 42.6 Å². The Hall–Kier alpha value is -2.05. The number of nitrogens with zero attached hydrogens (tertiary/aromatic N) is 1. The Morgan fingerprint density at radius 1 is 1.23 bits per heavy atom. The van der Waals surface area contributed by atoms with Crippen LogP contribution in [0.2, 0.25) is 0 Å². The molecule has 2 aromatic rings. The molecule has 0 radical (unpaired) electrons. The highest BCUT2D eigenvalue weighted by atomic mass is 19.2. The number of hydrogen-bond acceptors (Lipinski definition) is 4. The Labute approximate surface area is 127 Å². The van der Waals surface area contributed by atoms with Crippen molar-refractivity contribution >= 4 is 0 Å². The summed E-state index contributed by atoms with van der Waals surface area (Å²) in [5.41, 5.74) is 0.872. The second kappa shape index (κ2) is 7.82. The van der Waals surface area contributed by atoms with E-state index in [0.29, 0.717) is 6.54 Å². The third-order valence-corrected chi connectivity index (χ3v) is 3.12. The highest BCUT2D eigenvalue weighted by Crippen LogP contribution is 2.15. The van der Waals surface area contributed by atoms with Gasteiger partial charge in [0, 0.05) is 24.8 Å². The molecule has 0 aliphatic rings. The molecular formula is C16H18F2N2O2. The highest BCUT2D eigenvalue weighted by molar-refractivity contribution is 5.23. The fraction of sp³-hybridized carbons (Fsp3) is 0.312. The number of aliphatic hydroxyl groups excluding tert-OH is 1. The second-order valence-electron chi connectivity index (χ2n) is 4.93. The molecule has 4 nitrogen and oxygen atoms in total. The maximum Gasteiger partial charge on any atom is 0.162 e. The van der Waals surface area contributed by atoms with Gasteiger partial charge in [-0.25, -0.2) is 8.78 Å². The first-order chi connectivity index (χ1) is 10.6. The molecule has 0 aliphatic heterocycles. The topological polar surface area (TPSA) is 54.4 Å². The zero-order valence-corrected chi connectivity index (χ0v) is 12.2. The number of ether oxygens (including phenoxy) is 1. The van der Waals surface area contributed by atoms with Crippen molar-refractivity contribution in [1.82, 2.24) is 10.3 Å². The molecule has 0 amide bonds. The number of halogens is 2. The van der Waals surface area contributed by atoms with E-state index >= 15 is 0 Å². The highest BCUT2D eigenvalue weighted by Gasteiger charge is 2.11. The summed E-state index contributed by atoms with van der Waals surface area (Å²) in [6.07, 6.45) is 0.926. The van der Waals surface area contributed by atoms with Gasteiger partial charge in [-0.1, -0.05) is 6.07 Å². The van der Waals surface area contributed by atoms with Crippen LogP contribution in [0.25, 0.3) is 0 Å². The van der Waals surface area contributed by atoms with Gasteiger partial charge in [0.05, 0.1) is 5.69 Å². The predicted octanol–water partition coefficient (Wildman–Crippen LogP) is 2.45. The molecule has 0 spiro atoms. The van der Waals surface area contributed by atoms with E-state index in [1.807, 2.05) is 25.1 Å². The van der Waals surface area contributed by atoms with Gasteiger partial charge < -0.3 is 15.2 Å². The van der Waals surface area contributed by atoms with E-state index in [9.17, 15) is 13.9 Å². The third-order valence-electron chi connectivity index (χ3n) is 3.12. The van der Waals surface area contributed by atoms with Crippen molar-refractivity contribution in [3.05, 3.63) is 59.9 Å². The standard InChI is InChI=1S/C16H18F2N2O2/c1-11(16-4-2-3-7-19-16)20-9-12(21)10-22-13-5-6-14(17)15(18)8-13/h2-8,11-12,20-21H,9-10H2,1H3. The van der Waals surface area contributed by atoms with Gasteiger partial charge in [0.15, 0.2) is 11.6 Å². The van der Waals surface area contributed by atoms with Gasteiger partial charge in [-0.3, -0.25) is 4.98 Å². The summed E-state index contributed by atoms with van der Waals surface area (Å²) in [6, 6.07) is 8.85. The van der Waals surface area contributed by atoms with Crippen molar-refractivity contribution in [2.24, 2.45) is 0 Å². The van der Waals surface area contributed by atoms with Crippen LogP contribution in [-0.2, 0) is 0 Å². The lowest BCUT2D eigenvalue weighted by Crippen LogP contribution is -2.33. The molecule has 0 fully saturated rings. The number of hydrogen-bond donors (Lipinski definition) is 2. The van der Waals surface area contributed by atoms with Gasteiger partial charge in [0.25, 0.3) is 0 Å². The van der Waals surface area contributed by atoms with Crippen LogP contribution in [0, 0.1) is 11.6 Å². The zero-order chi connectivity index (χ0) is 15.9. The van der Waals surface area contributed by atoms with E-state index in [2.05, 4.69) is 10.3 Å². The van der Waals surface area contributed by atoms with Crippen molar-refractivity contribution in [3.8, 4) is 5.75 Å². The fourth-order valence-corrected chi connectivity index (χ4v) is 1.87. The monoisotopic (exact) mass is 308 g/mol. The van der Waals surface area contributed by atoms with Crippen LogP contribution in [-0.4, -0.2) is 29.3 Å². The summed E-state index contributed by atoms with van der Waals surface area (Å²) >= 11 is 0. The van der Waals surface area contributed by atoms with Crippen molar-refractivity contribution in [1.29, 1.82) is 0 Å². The van der Waals surface area contributed by atoms with Crippen molar-refractivity contribution in [2.75, 3.05) is 13.2 Å². The van der Waals surface area contributed by atoms with E-state index in [1.54, 1.807) is 6.20 Å². The summed E-state index contributed by atoms with van der Waals surface area (Å²) in [6.45, 7) is 2.21. The zero-order valence-electron chi connectivity index (χ0n) is 12.2. The SMILES string of the molecule is CC(NCC(O)COc1ccc(F)c(F)c1)c1ccccn1. The summed E-state index contributed by atoms with van der Waals surface area (Å²) in [4.78, 5) is 4.22. The van der Waals surface area contributed by atoms with Crippen LogP contribution in [0.4, 0.5) is 8.78 Å². The van der Waals surface area contributed by atoms with Gasteiger partial charge in [0.2, 0.25) is 0 Å². The minimum atomic E-state index is -0.978. The molecule has 1 aromatic heterocycles. The minimum Gasteiger partial charge on any atom is -0.491 e. The van der Waals surface area contributed by atoms with Gasteiger partial charge in [-0.15, -0.1) is 0 Å². The average molecular weight is 308 g/mol. The number of aromatic nitrogens is 1. The van der Waals surface area contributed by atoms with Crippen LogP contribution >= 0.6 is 0 Å². The Morgan fingerprint density at radius 2 is 2.05 bits per heavy atom. The number of nitrogens with one attached hydrogen (secondary N) is 1. The normalized spacial score (nSPS) is 13.6. The lowest BCUT2D eigenvalue weighted by Gasteiger charge is -2.17. The Kier molecular flexibility index (Phi) is 5.80. The number of rotatable bonds is 7. The molecular weight excluding hydrogens is 290 g/mol. The van der Waals surface area contributed by atoms with Gasteiger partial charge >= 0.3 is 0 Å². The first-order valence-corrected chi connectivity index (χ1v) is 6.96. The molecule has 1 aromatic carbocycles.